The summed E-state index contributed by atoms with van der Waals surface area (Å²) in [5, 5.41) is 2.49. The van der Waals surface area contributed by atoms with Crippen molar-refractivity contribution in [1.29, 1.82) is 0 Å². The molecule has 11 rings (SSSR count). The Kier molecular flexibility index (Phi) is 13.7. The van der Waals surface area contributed by atoms with Crippen LogP contribution in [-0.4, -0.2) is 27.8 Å². The van der Waals surface area contributed by atoms with E-state index in [2.05, 4.69) is 224 Å². The molecule has 3 aromatic heterocycles. The first-order valence-corrected chi connectivity index (χ1v) is 31.0. The van der Waals surface area contributed by atoms with Crippen molar-refractivity contribution in [1.82, 2.24) is 14.5 Å². The minimum absolute atomic E-state index is 0. The molecule has 11 aromatic rings. The molecule has 3 heterocycles. The number of para-hydroxylation sites is 2. The quantitative estimate of drug-likeness (QED) is 0.107. The average Bonchev–Trinajstić information content (AvgIpc) is 3.93. The number of nitrogens with zero attached hydrogens (tertiary/aromatic N) is 3. The van der Waals surface area contributed by atoms with Gasteiger partial charge in [-0.3, -0.25) is 4.98 Å². The number of thiophene rings is 1. The zero-order chi connectivity index (χ0) is 45.2. The molecule has 0 saturated heterocycles. The maximum Gasteiger partial charge on any atom is 0.0774 e. The van der Waals surface area contributed by atoms with Crippen LogP contribution < -0.4 is 4.40 Å². The van der Waals surface area contributed by atoms with E-state index in [4.69, 9.17) is 9.97 Å². The van der Waals surface area contributed by atoms with Crippen LogP contribution in [-0.2, 0) is 26.5 Å². The monoisotopic (exact) mass is 1120 g/mol. The third-order valence-corrected chi connectivity index (χ3v) is 17.7. The second-order valence-corrected chi connectivity index (χ2v) is 30.0. The number of benzene rings is 8. The molecule has 0 aliphatic carbocycles. The van der Waals surface area contributed by atoms with Gasteiger partial charge in [-0.25, -0.2) is 0 Å². The van der Waals surface area contributed by atoms with Gasteiger partial charge in [-0.2, -0.15) is 11.3 Å². The van der Waals surface area contributed by atoms with Crippen molar-refractivity contribution in [2.75, 3.05) is 0 Å². The smallest absolute Gasteiger partial charge is 0.0774 e. The Hall–Kier alpha value is -6.21. The first-order chi connectivity index (χ1) is 32.2. The molecule has 331 valence electrons. The Labute approximate surface area is 415 Å². The van der Waals surface area contributed by atoms with E-state index >= 15 is 0 Å². The van der Waals surface area contributed by atoms with Crippen molar-refractivity contribution in [3.63, 3.8) is 0 Å². The van der Waals surface area contributed by atoms with E-state index in [1.54, 1.807) is 4.40 Å². The maximum atomic E-state index is 5.20. The summed E-state index contributed by atoms with van der Waals surface area (Å²) in [5.74, 6) is 8.90. The number of hydrogen-bond acceptors (Lipinski definition) is 3. The van der Waals surface area contributed by atoms with Crippen LogP contribution in [0.1, 0.15) is 19.4 Å². The molecule has 8 aromatic carbocycles. The molecule has 0 bridgehead atoms. The van der Waals surface area contributed by atoms with Crippen LogP contribution in [0.15, 0.2) is 200 Å². The predicted octanol–water partition coefficient (Wildman–Crippen LogP) is 16.2. The number of pyridine rings is 1. The molecule has 0 aliphatic rings. The fourth-order valence-electron chi connectivity index (χ4n) is 8.94. The van der Waals surface area contributed by atoms with Crippen LogP contribution in [0.3, 0.4) is 0 Å². The first-order valence-electron chi connectivity index (χ1n) is 22.8. The van der Waals surface area contributed by atoms with Gasteiger partial charge in [0.05, 0.1) is 16.9 Å². The summed E-state index contributed by atoms with van der Waals surface area (Å²) in [6, 6.07) is 75.4. The molecule has 0 saturated carbocycles. The number of rotatable bonds is 9. The van der Waals surface area contributed by atoms with Gasteiger partial charge in [-0.05, 0) is 79.9 Å². The number of aromatic nitrogens is 3. The van der Waals surface area contributed by atoms with Crippen molar-refractivity contribution >= 4 is 60.2 Å². The second-order valence-electron chi connectivity index (χ2n) is 18.4. The van der Waals surface area contributed by atoms with Crippen LogP contribution in [0.25, 0.3) is 92.9 Å². The minimum atomic E-state index is -1.86. The van der Waals surface area contributed by atoms with E-state index in [-0.39, 0.29) is 20.1 Å². The van der Waals surface area contributed by atoms with Crippen LogP contribution >= 0.6 is 11.3 Å². The first kappa shape index (κ1) is 45.9. The largest absolute Gasteiger partial charge is 0.333 e. The van der Waals surface area contributed by atoms with Crippen molar-refractivity contribution in [3.05, 3.63) is 218 Å². The van der Waals surface area contributed by atoms with Gasteiger partial charge < -0.3 is 4.57 Å². The molecule has 0 spiro atoms. The Morgan fingerprint density at radius 2 is 1.18 bits per heavy atom. The normalized spacial score (nSPS) is 11.4. The summed E-state index contributed by atoms with van der Waals surface area (Å²) in [7, 11) is 0. The Bertz CT molecular complexity index is 3430. The van der Waals surface area contributed by atoms with Crippen LogP contribution in [0, 0.1) is 18.1 Å². The van der Waals surface area contributed by atoms with Crippen LogP contribution in [0.2, 0.25) is 17.3 Å². The van der Waals surface area contributed by atoms with E-state index in [0.717, 1.165) is 45.8 Å². The summed E-state index contributed by atoms with van der Waals surface area (Å²) in [6.07, 6.45) is 3.27. The summed E-state index contributed by atoms with van der Waals surface area (Å²) >= 11 is -0.0423. The van der Waals surface area contributed by atoms with Crippen molar-refractivity contribution in [2.45, 2.75) is 37.5 Å². The molecular weight excluding hydrogens is 1070 g/mol. The summed E-state index contributed by atoms with van der Waals surface area (Å²) in [5.41, 5.74) is 15.1. The number of hydrogen-bond donors (Lipinski definition) is 0. The van der Waals surface area contributed by atoms with Crippen LogP contribution in [0.5, 0.6) is 0 Å². The Balaban J connectivity index is 0.000000226. The second kappa shape index (κ2) is 19.9. The summed E-state index contributed by atoms with van der Waals surface area (Å²) in [4.78, 5) is 9.90. The molecule has 6 heteroatoms. The van der Waals surface area contributed by atoms with Crippen LogP contribution in [0.4, 0.5) is 0 Å². The fraction of sp³-hybridized carbons (Fsp3) is 0.115. The Morgan fingerprint density at radius 3 is 1.82 bits per heavy atom. The van der Waals surface area contributed by atoms with Crippen molar-refractivity contribution < 1.29 is 20.1 Å². The number of imidazole rings is 1. The van der Waals surface area contributed by atoms with Gasteiger partial charge in [-0.1, -0.05) is 126 Å². The molecule has 0 fully saturated rings. The predicted molar refractivity (Wildman–Crippen MR) is 285 cm³/mol. The average molecular weight is 1120 g/mol. The van der Waals surface area contributed by atoms with Gasteiger partial charge in [0.25, 0.3) is 0 Å². The maximum absolute atomic E-state index is 5.20. The third-order valence-electron chi connectivity index (χ3n) is 12.2. The van der Waals surface area contributed by atoms with E-state index < -0.39 is 13.3 Å². The molecule has 1 radical (unpaired) electrons. The van der Waals surface area contributed by atoms with E-state index in [1.165, 1.54) is 59.1 Å². The molecule has 3 nitrogen and oxygen atoms in total. The van der Waals surface area contributed by atoms with Gasteiger partial charge in [-0.15, -0.1) is 18.2 Å². The SMILES string of the molecule is CC(C)Cc1cc(-c2[c-]cccc2)nc[c]1[Ge]([CH3])([CH3])[CH3].[Ir].[c-]1ccc2c(sc3ccc(-c4ccc(-c5ccccc5)cc4)cc32)c1-c1nc2ccccc2n1-c1ccc(-c2ccccc2)cc1. The van der Waals surface area contributed by atoms with E-state index in [1.807, 2.05) is 35.6 Å². The zero-order valence-corrected chi connectivity index (χ0v) is 43.7. The minimum Gasteiger partial charge on any atom is -0.333 e. The van der Waals surface area contributed by atoms with Gasteiger partial charge >= 0.3 is 126 Å². The molecule has 0 N–H and O–H groups in total. The molecular formula is C61H51GeIrN3S-2. The molecule has 67 heavy (non-hydrogen) atoms. The standard InChI is InChI=1S/C43H27N2S.C18H24GeN.Ir/c1-3-10-29(11-4-1)31-18-20-33(21-19-31)34-24-27-41-38(28-34)36-14-9-15-37(42(36)46-41)43-44-39-16-7-8-17-40(39)45(43)35-25-22-32(23-26-35)30-12-5-2-6-13-30;1-14(2)11-16-12-18(15-9-7-6-8-10-15)20-13-17(16)19(3,4)5;/h1-14,16-28H;6-9,12-14H,11H2,1-5H3;/q2*-1;. The van der Waals surface area contributed by atoms with Gasteiger partial charge in [0.2, 0.25) is 0 Å². The topological polar surface area (TPSA) is 30.7 Å². The molecule has 0 atom stereocenters. The van der Waals surface area contributed by atoms with Gasteiger partial charge in [0.1, 0.15) is 0 Å². The molecule has 0 unspecified atom stereocenters. The Morgan fingerprint density at radius 1 is 0.582 bits per heavy atom. The van der Waals surface area contributed by atoms with Gasteiger partial charge in [0.15, 0.2) is 0 Å². The third kappa shape index (κ3) is 9.79. The zero-order valence-electron chi connectivity index (χ0n) is 38.4. The summed E-state index contributed by atoms with van der Waals surface area (Å²) < 4.78 is 6.28. The van der Waals surface area contributed by atoms with Crippen molar-refractivity contribution in [2.24, 2.45) is 5.92 Å². The fourth-order valence-corrected chi connectivity index (χ4v) is 13.5. The summed E-state index contributed by atoms with van der Waals surface area (Å²) in [6.45, 7) is 4.57. The van der Waals surface area contributed by atoms with Gasteiger partial charge in [0, 0.05) is 30.5 Å². The van der Waals surface area contributed by atoms with Crippen molar-refractivity contribution in [3.8, 4) is 61.7 Å². The van der Waals surface area contributed by atoms with E-state index in [0.29, 0.717) is 5.92 Å². The number of fused-ring (bicyclic) bond motifs is 4. The molecule has 0 amide bonds. The molecule has 0 aliphatic heterocycles. The van der Waals surface area contributed by atoms with E-state index in [9.17, 15) is 0 Å².